The van der Waals surface area contributed by atoms with E-state index in [0.29, 0.717) is 24.4 Å². The molecule has 11 heteroatoms. The molecule has 2 aliphatic heterocycles. The Morgan fingerprint density at radius 3 is 2.38 bits per heavy atom. The molecule has 3 heterocycles. The molecule has 0 bridgehead atoms. The van der Waals surface area contributed by atoms with Gasteiger partial charge in [0.1, 0.15) is 23.1 Å². The SMILES string of the molecule is CC(C)N1C(=O)N(c2c(F)cc(N3CC[C@@H](N)C3)cc2F)c2cc(C#N)cc(F)c2-c2cc(F)cnc21. The molecule has 1 aromatic heterocycles. The van der Waals surface area contributed by atoms with Crippen molar-refractivity contribution < 1.29 is 22.4 Å². The minimum Gasteiger partial charge on any atom is -0.370 e. The minimum atomic E-state index is -1.08. The van der Waals surface area contributed by atoms with Gasteiger partial charge >= 0.3 is 6.03 Å². The number of carbonyl (C=O) groups excluding carboxylic acids is 1. The highest BCUT2D eigenvalue weighted by Gasteiger charge is 2.39. The molecule has 37 heavy (non-hydrogen) atoms. The topological polar surface area (TPSA) is 89.5 Å². The smallest absolute Gasteiger partial charge is 0.335 e. The highest BCUT2D eigenvalue weighted by Crippen LogP contribution is 2.47. The van der Waals surface area contributed by atoms with Gasteiger partial charge in [-0.05, 0) is 50.6 Å². The van der Waals surface area contributed by atoms with Crippen LogP contribution in [0.25, 0.3) is 11.1 Å². The van der Waals surface area contributed by atoms with Gasteiger partial charge in [-0.15, -0.1) is 0 Å². The van der Waals surface area contributed by atoms with Crippen LogP contribution in [-0.2, 0) is 0 Å². The number of fused-ring (bicyclic) bond motifs is 3. The first kappa shape index (κ1) is 24.5. The molecule has 5 rings (SSSR count). The monoisotopic (exact) mass is 510 g/mol. The first-order valence-corrected chi connectivity index (χ1v) is 11.6. The maximum atomic E-state index is 15.7. The van der Waals surface area contributed by atoms with Crippen LogP contribution >= 0.6 is 0 Å². The number of rotatable bonds is 3. The highest BCUT2D eigenvalue weighted by atomic mass is 19.1. The van der Waals surface area contributed by atoms with Gasteiger partial charge in [0, 0.05) is 42.0 Å². The molecular formula is C26H22F4N6O. The fourth-order valence-corrected chi connectivity index (χ4v) is 4.86. The number of urea groups is 1. The van der Waals surface area contributed by atoms with Crippen molar-refractivity contribution in [2.45, 2.75) is 32.4 Å². The molecule has 0 aliphatic carbocycles. The van der Waals surface area contributed by atoms with Crippen LogP contribution in [0.3, 0.4) is 0 Å². The van der Waals surface area contributed by atoms with E-state index in [9.17, 15) is 14.4 Å². The molecule has 2 amide bonds. The van der Waals surface area contributed by atoms with Crippen LogP contribution in [-0.4, -0.2) is 36.2 Å². The summed E-state index contributed by atoms with van der Waals surface area (Å²) in [5.41, 5.74) is 4.51. The summed E-state index contributed by atoms with van der Waals surface area (Å²) in [7, 11) is 0. The molecule has 2 aromatic carbocycles. The molecule has 2 aliphatic rings. The van der Waals surface area contributed by atoms with Gasteiger partial charge in [-0.3, -0.25) is 9.80 Å². The third-order valence-electron chi connectivity index (χ3n) is 6.50. The summed E-state index contributed by atoms with van der Waals surface area (Å²) < 4.78 is 61.2. The lowest BCUT2D eigenvalue weighted by atomic mass is 10.00. The van der Waals surface area contributed by atoms with Crippen LogP contribution in [0.15, 0.2) is 36.5 Å². The van der Waals surface area contributed by atoms with Crippen molar-refractivity contribution in [1.29, 1.82) is 5.26 Å². The molecule has 0 unspecified atom stereocenters. The normalized spacial score (nSPS) is 17.1. The van der Waals surface area contributed by atoms with Gasteiger partial charge < -0.3 is 10.6 Å². The van der Waals surface area contributed by atoms with E-state index in [4.69, 9.17) is 5.73 Å². The average Bonchev–Trinajstić information content (AvgIpc) is 3.23. The van der Waals surface area contributed by atoms with Crippen LogP contribution in [0.2, 0.25) is 0 Å². The first-order chi connectivity index (χ1) is 17.6. The third-order valence-corrected chi connectivity index (χ3v) is 6.50. The lowest BCUT2D eigenvalue weighted by molar-refractivity contribution is 0.251. The number of nitrogens with two attached hydrogens (primary N) is 1. The van der Waals surface area contributed by atoms with Gasteiger partial charge in [0.2, 0.25) is 0 Å². The fourth-order valence-electron chi connectivity index (χ4n) is 4.86. The summed E-state index contributed by atoms with van der Waals surface area (Å²) in [5, 5.41) is 9.46. The lowest BCUT2D eigenvalue weighted by Crippen LogP contribution is -2.45. The Morgan fingerprint density at radius 2 is 1.78 bits per heavy atom. The number of aromatic nitrogens is 1. The van der Waals surface area contributed by atoms with E-state index in [-0.39, 0.29) is 39.9 Å². The van der Waals surface area contributed by atoms with Gasteiger partial charge in [-0.25, -0.2) is 27.3 Å². The molecular weight excluding hydrogens is 488 g/mol. The first-order valence-electron chi connectivity index (χ1n) is 11.6. The van der Waals surface area contributed by atoms with Crippen molar-refractivity contribution >= 4 is 28.9 Å². The minimum absolute atomic E-state index is 0.0859. The van der Waals surface area contributed by atoms with Gasteiger partial charge in [-0.2, -0.15) is 5.26 Å². The number of hydrogen-bond acceptors (Lipinski definition) is 5. The summed E-state index contributed by atoms with van der Waals surface area (Å²) in [6, 6.07) is 5.31. The Labute approximate surface area is 210 Å². The molecule has 1 atom stereocenters. The van der Waals surface area contributed by atoms with Crippen LogP contribution in [0.5, 0.6) is 0 Å². The number of anilines is 4. The largest absolute Gasteiger partial charge is 0.370 e. The number of carbonyl (C=O) groups is 1. The van der Waals surface area contributed by atoms with E-state index in [1.54, 1.807) is 24.8 Å². The highest BCUT2D eigenvalue weighted by molar-refractivity contribution is 6.15. The van der Waals surface area contributed by atoms with E-state index in [1.807, 2.05) is 0 Å². The van der Waals surface area contributed by atoms with E-state index in [2.05, 4.69) is 4.98 Å². The van der Waals surface area contributed by atoms with E-state index in [0.717, 1.165) is 41.4 Å². The number of hydrogen-bond donors (Lipinski definition) is 1. The quantitative estimate of drug-likeness (QED) is 0.490. The van der Waals surface area contributed by atoms with Crippen molar-refractivity contribution in [3.8, 4) is 17.2 Å². The Hall–Kier alpha value is -4.17. The van der Waals surface area contributed by atoms with Crippen LogP contribution in [0, 0.1) is 34.6 Å². The maximum absolute atomic E-state index is 15.7. The standard InChI is InChI=1S/C26H22F4N6O/c1-13(2)35-25-18(7-15(27)11-33-25)23-19(28)5-14(10-31)6-22(23)36(26(35)37)24-20(29)8-17(9-21(24)30)34-4-3-16(32)12-34/h5-9,11,13,16H,3-4,12,32H2,1-2H3/t16-/m1/s1. The lowest BCUT2D eigenvalue weighted by Gasteiger charge is -2.31. The Balaban J connectivity index is 1.80. The van der Waals surface area contributed by atoms with E-state index >= 15 is 13.2 Å². The van der Waals surface area contributed by atoms with Crippen LogP contribution < -0.4 is 20.4 Å². The van der Waals surface area contributed by atoms with Crippen molar-refractivity contribution in [3.63, 3.8) is 0 Å². The average molecular weight is 510 g/mol. The molecule has 1 fully saturated rings. The summed E-state index contributed by atoms with van der Waals surface area (Å²) in [5.74, 6) is -4.02. The zero-order chi connectivity index (χ0) is 26.6. The summed E-state index contributed by atoms with van der Waals surface area (Å²) >= 11 is 0. The predicted molar refractivity (Wildman–Crippen MR) is 131 cm³/mol. The zero-order valence-corrected chi connectivity index (χ0v) is 20.0. The Bertz CT molecular complexity index is 1450. The third kappa shape index (κ3) is 4.03. The molecule has 0 spiro atoms. The van der Waals surface area contributed by atoms with Crippen molar-refractivity contribution in [2.24, 2.45) is 5.73 Å². The molecule has 2 N–H and O–H groups in total. The Kier molecular flexibility index (Phi) is 6.00. The van der Waals surface area contributed by atoms with Gasteiger partial charge in [0.25, 0.3) is 0 Å². The van der Waals surface area contributed by atoms with Crippen molar-refractivity contribution in [3.05, 3.63) is 65.4 Å². The molecule has 7 nitrogen and oxygen atoms in total. The van der Waals surface area contributed by atoms with E-state index in [1.165, 1.54) is 0 Å². The molecule has 0 radical (unpaired) electrons. The number of pyridine rings is 1. The van der Waals surface area contributed by atoms with Gasteiger partial charge in [0.15, 0.2) is 11.6 Å². The summed E-state index contributed by atoms with van der Waals surface area (Å²) in [6.45, 7) is 4.18. The second-order valence-corrected chi connectivity index (χ2v) is 9.32. The maximum Gasteiger partial charge on any atom is 0.335 e. The Morgan fingerprint density at radius 1 is 1.08 bits per heavy atom. The molecule has 3 aromatic rings. The van der Waals surface area contributed by atoms with Crippen LogP contribution in [0.1, 0.15) is 25.8 Å². The summed E-state index contributed by atoms with van der Waals surface area (Å²) in [4.78, 5) is 21.5. The summed E-state index contributed by atoms with van der Waals surface area (Å²) in [6.07, 6.45) is 1.53. The second kappa shape index (κ2) is 9.05. The molecule has 1 saturated heterocycles. The predicted octanol–water partition coefficient (Wildman–Crippen LogP) is 5.20. The fraction of sp³-hybridized carbons (Fsp3) is 0.269. The van der Waals surface area contributed by atoms with Crippen LogP contribution in [0.4, 0.5) is 45.2 Å². The number of benzene rings is 2. The van der Waals surface area contributed by atoms with Crippen molar-refractivity contribution in [1.82, 2.24) is 4.98 Å². The molecule has 190 valence electrons. The van der Waals surface area contributed by atoms with E-state index < -0.39 is 41.0 Å². The number of amides is 2. The number of nitriles is 1. The zero-order valence-electron chi connectivity index (χ0n) is 20.0. The molecule has 0 saturated carbocycles. The van der Waals surface area contributed by atoms with Gasteiger partial charge in [-0.1, -0.05) is 0 Å². The van der Waals surface area contributed by atoms with Gasteiger partial charge in [0.05, 0.1) is 23.5 Å². The van der Waals surface area contributed by atoms with Crippen molar-refractivity contribution in [2.75, 3.05) is 27.8 Å². The number of halogens is 4. The number of nitrogens with zero attached hydrogens (tertiary/aromatic N) is 5. The second-order valence-electron chi connectivity index (χ2n) is 9.32.